The van der Waals surface area contributed by atoms with E-state index in [2.05, 4.69) is 4.98 Å². The number of benzene rings is 1. The van der Waals surface area contributed by atoms with Gasteiger partial charge in [0.2, 0.25) is 0 Å². The first-order chi connectivity index (χ1) is 9.61. The minimum atomic E-state index is -1.05. The molecule has 5 nitrogen and oxygen atoms in total. The number of carboxylic acid groups (broad SMARTS) is 1. The molecular formula is C14H14N2O3S. The highest BCUT2D eigenvalue weighted by Gasteiger charge is 2.22. The highest BCUT2D eigenvalue weighted by Crippen LogP contribution is 2.20. The molecule has 0 atom stereocenters. The van der Waals surface area contributed by atoms with Gasteiger partial charge in [0.25, 0.3) is 5.91 Å². The Morgan fingerprint density at radius 2 is 2.00 bits per heavy atom. The summed E-state index contributed by atoms with van der Waals surface area (Å²) in [5.41, 5.74) is 0.561. The molecule has 1 amide bonds. The molecule has 0 fully saturated rings. The number of nitrogens with zero attached hydrogens (tertiary/aromatic N) is 2. The molecule has 2 rings (SSSR count). The molecular weight excluding hydrogens is 276 g/mol. The standard InChI is InChI=1S/C14H14N2O3S/c1-2-12-15-8-11(20-12)14(19)16(9-13(17)18)10-6-4-3-5-7-10/h3-8H,2,9H2,1H3,(H,17,18). The number of rotatable bonds is 5. The van der Waals surface area contributed by atoms with Crippen molar-refractivity contribution in [2.24, 2.45) is 0 Å². The van der Waals surface area contributed by atoms with Gasteiger partial charge in [-0.3, -0.25) is 14.5 Å². The first-order valence-corrected chi connectivity index (χ1v) is 6.97. The lowest BCUT2D eigenvalue weighted by atomic mass is 10.2. The Bertz CT molecular complexity index is 610. The van der Waals surface area contributed by atoms with E-state index in [0.717, 1.165) is 11.4 Å². The number of carbonyl (C=O) groups is 2. The molecule has 104 valence electrons. The number of aliphatic carboxylic acids is 1. The number of anilines is 1. The van der Waals surface area contributed by atoms with Gasteiger partial charge in [-0.25, -0.2) is 4.98 Å². The van der Waals surface area contributed by atoms with E-state index in [1.807, 2.05) is 13.0 Å². The van der Waals surface area contributed by atoms with Crippen LogP contribution in [-0.4, -0.2) is 28.5 Å². The Kier molecular flexibility index (Phi) is 4.47. The first-order valence-electron chi connectivity index (χ1n) is 6.15. The topological polar surface area (TPSA) is 70.5 Å². The second-order valence-electron chi connectivity index (χ2n) is 4.09. The van der Waals surface area contributed by atoms with Crippen LogP contribution in [0.4, 0.5) is 5.69 Å². The highest BCUT2D eigenvalue weighted by atomic mass is 32.1. The lowest BCUT2D eigenvalue weighted by Crippen LogP contribution is -2.35. The van der Waals surface area contributed by atoms with Crippen LogP contribution in [0, 0.1) is 0 Å². The number of thiazole rings is 1. The van der Waals surface area contributed by atoms with Crippen LogP contribution in [0.2, 0.25) is 0 Å². The molecule has 0 spiro atoms. The number of hydrogen-bond donors (Lipinski definition) is 1. The van der Waals surface area contributed by atoms with E-state index in [-0.39, 0.29) is 12.5 Å². The second-order valence-corrected chi connectivity index (χ2v) is 5.21. The average molecular weight is 290 g/mol. The average Bonchev–Trinajstić information content (AvgIpc) is 2.94. The highest BCUT2D eigenvalue weighted by molar-refractivity contribution is 7.13. The zero-order valence-electron chi connectivity index (χ0n) is 10.9. The molecule has 0 bridgehead atoms. The van der Waals surface area contributed by atoms with E-state index in [1.54, 1.807) is 24.3 Å². The summed E-state index contributed by atoms with van der Waals surface area (Å²) in [6, 6.07) is 8.77. The monoisotopic (exact) mass is 290 g/mol. The molecule has 6 heteroatoms. The van der Waals surface area contributed by atoms with Gasteiger partial charge < -0.3 is 5.11 Å². The second kappa shape index (κ2) is 6.29. The summed E-state index contributed by atoms with van der Waals surface area (Å²) in [5.74, 6) is -1.39. The zero-order chi connectivity index (χ0) is 14.5. The number of amides is 1. The Balaban J connectivity index is 2.31. The van der Waals surface area contributed by atoms with E-state index < -0.39 is 5.97 Å². The number of carboxylic acids is 1. The normalized spacial score (nSPS) is 10.2. The van der Waals surface area contributed by atoms with E-state index in [0.29, 0.717) is 10.6 Å². The van der Waals surface area contributed by atoms with Crippen molar-refractivity contribution >= 4 is 28.9 Å². The van der Waals surface area contributed by atoms with Gasteiger partial charge in [-0.2, -0.15) is 0 Å². The van der Waals surface area contributed by atoms with Crippen molar-refractivity contribution < 1.29 is 14.7 Å². The third kappa shape index (κ3) is 3.21. The molecule has 20 heavy (non-hydrogen) atoms. The van der Waals surface area contributed by atoms with E-state index in [4.69, 9.17) is 5.11 Å². The number of hydrogen-bond acceptors (Lipinski definition) is 4. The van der Waals surface area contributed by atoms with Crippen LogP contribution in [0.15, 0.2) is 36.5 Å². The molecule has 1 heterocycles. The number of aromatic nitrogens is 1. The minimum absolute atomic E-state index is 0.337. The summed E-state index contributed by atoms with van der Waals surface area (Å²) in [6.07, 6.45) is 2.26. The van der Waals surface area contributed by atoms with Gasteiger partial charge >= 0.3 is 5.97 Å². The van der Waals surface area contributed by atoms with E-state index in [9.17, 15) is 9.59 Å². The fourth-order valence-electron chi connectivity index (χ4n) is 1.73. The van der Waals surface area contributed by atoms with Gasteiger partial charge in [-0.05, 0) is 18.6 Å². The van der Waals surface area contributed by atoms with Crippen molar-refractivity contribution in [1.29, 1.82) is 0 Å². The van der Waals surface area contributed by atoms with Crippen molar-refractivity contribution in [2.45, 2.75) is 13.3 Å². The Hall–Kier alpha value is -2.21. The largest absolute Gasteiger partial charge is 0.480 e. The van der Waals surface area contributed by atoms with Gasteiger partial charge in [-0.1, -0.05) is 25.1 Å². The summed E-state index contributed by atoms with van der Waals surface area (Å²) in [7, 11) is 0. The maximum absolute atomic E-state index is 12.4. The Morgan fingerprint density at radius 3 is 2.55 bits per heavy atom. The Morgan fingerprint density at radius 1 is 1.30 bits per heavy atom. The van der Waals surface area contributed by atoms with E-state index >= 15 is 0 Å². The van der Waals surface area contributed by atoms with Gasteiger partial charge in [-0.15, -0.1) is 11.3 Å². The van der Waals surface area contributed by atoms with Crippen LogP contribution >= 0.6 is 11.3 Å². The quantitative estimate of drug-likeness (QED) is 0.918. The maximum Gasteiger partial charge on any atom is 0.323 e. The van der Waals surface area contributed by atoms with Crippen LogP contribution in [-0.2, 0) is 11.2 Å². The fraction of sp³-hybridized carbons (Fsp3) is 0.214. The first kappa shape index (κ1) is 14.2. The number of aryl methyl sites for hydroxylation is 1. The van der Waals surface area contributed by atoms with Crippen molar-refractivity contribution in [3.05, 3.63) is 46.4 Å². The predicted molar refractivity (Wildman–Crippen MR) is 77.2 cm³/mol. The molecule has 1 aromatic carbocycles. The summed E-state index contributed by atoms with van der Waals surface area (Å²) in [5, 5.41) is 9.84. The summed E-state index contributed by atoms with van der Waals surface area (Å²) in [6.45, 7) is 1.58. The third-order valence-corrected chi connectivity index (χ3v) is 3.80. The zero-order valence-corrected chi connectivity index (χ0v) is 11.8. The lowest BCUT2D eigenvalue weighted by Gasteiger charge is -2.19. The minimum Gasteiger partial charge on any atom is -0.480 e. The number of para-hydroxylation sites is 1. The van der Waals surface area contributed by atoms with Crippen LogP contribution in [0.3, 0.4) is 0 Å². The molecule has 2 aromatic rings. The molecule has 1 N–H and O–H groups in total. The Labute approximate surface area is 120 Å². The van der Waals surface area contributed by atoms with Crippen molar-refractivity contribution in [2.75, 3.05) is 11.4 Å². The van der Waals surface area contributed by atoms with Crippen molar-refractivity contribution in [1.82, 2.24) is 4.98 Å². The van der Waals surface area contributed by atoms with Crippen molar-refractivity contribution in [3.8, 4) is 0 Å². The lowest BCUT2D eigenvalue weighted by molar-refractivity contribution is -0.135. The van der Waals surface area contributed by atoms with Crippen molar-refractivity contribution in [3.63, 3.8) is 0 Å². The molecule has 0 radical (unpaired) electrons. The maximum atomic E-state index is 12.4. The SMILES string of the molecule is CCc1ncc(C(=O)N(CC(=O)O)c2ccccc2)s1. The molecule has 1 aromatic heterocycles. The smallest absolute Gasteiger partial charge is 0.323 e. The fourth-order valence-corrected chi connectivity index (χ4v) is 2.54. The molecule has 0 saturated heterocycles. The molecule has 0 aliphatic carbocycles. The number of carbonyl (C=O) groups excluding carboxylic acids is 1. The molecule has 0 saturated carbocycles. The van der Waals surface area contributed by atoms with Gasteiger partial charge in [0.1, 0.15) is 11.4 Å². The van der Waals surface area contributed by atoms with Crippen LogP contribution in [0.25, 0.3) is 0 Å². The van der Waals surface area contributed by atoms with Gasteiger partial charge in [0.15, 0.2) is 0 Å². The molecule has 0 aliphatic rings. The summed E-state index contributed by atoms with van der Waals surface area (Å²) < 4.78 is 0. The van der Waals surface area contributed by atoms with E-state index in [1.165, 1.54) is 22.4 Å². The molecule has 0 aliphatic heterocycles. The summed E-state index contributed by atoms with van der Waals surface area (Å²) >= 11 is 1.30. The van der Waals surface area contributed by atoms with Crippen LogP contribution < -0.4 is 4.90 Å². The van der Waals surface area contributed by atoms with Crippen LogP contribution in [0.1, 0.15) is 21.6 Å². The van der Waals surface area contributed by atoms with Gasteiger partial charge in [0.05, 0.1) is 11.2 Å². The van der Waals surface area contributed by atoms with Crippen LogP contribution in [0.5, 0.6) is 0 Å². The molecule has 0 unspecified atom stereocenters. The van der Waals surface area contributed by atoms with Gasteiger partial charge in [0, 0.05) is 5.69 Å². The third-order valence-electron chi connectivity index (χ3n) is 2.67. The summed E-state index contributed by atoms with van der Waals surface area (Å²) in [4.78, 5) is 29.2. The predicted octanol–water partition coefficient (Wildman–Crippen LogP) is 2.44.